The number of aromatic nitrogens is 2. The molecular weight excluding hydrogens is 496 g/mol. The summed E-state index contributed by atoms with van der Waals surface area (Å²) in [5, 5.41) is 4.27. The number of halogens is 2. The lowest BCUT2D eigenvalue weighted by Gasteiger charge is -2.39. The van der Waals surface area contributed by atoms with Crippen LogP contribution in [0.5, 0.6) is 5.75 Å². The highest BCUT2D eigenvalue weighted by atomic mass is 19.3. The second-order valence-corrected chi connectivity index (χ2v) is 10.1. The van der Waals surface area contributed by atoms with Gasteiger partial charge in [-0.1, -0.05) is 23.4 Å². The topological polar surface area (TPSA) is 86.9 Å². The third-order valence-electron chi connectivity index (χ3n) is 7.67. The molecule has 2 aliphatic heterocycles. The number of hydrogen-bond acceptors (Lipinski definition) is 8. The highest BCUT2D eigenvalue weighted by molar-refractivity contribution is 5.87. The van der Waals surface area contributed by atoms with E-state index in [1.807, 2.05) is 12.1 Å². The minimum absolute atomic E-state index is 0.0231. The molecule has 10 heteroatoms. The Morgan fingerprint density at radius 3 is 2.55 bits per heavy atom. The number of alkyl halides is 2. The molecule has 200 valence electrons. The first-order valence-electron chi connectivity index (χ1n) is 13.0. The van der Waals surface area contributed by atoms with E-state index in [1.54, 1.807) is 24.3 Å². The molecule has 2 aromatic heterocycles. The Kier molecular flexibility index (Phi) is 6.73. The van der Waals surface area contributed by atoms with Gasteiger partial charge in [-0.3, -0.25) is 0 Å². The predicted molar refractivity (Wildman–Crippen MR) is 133 cm³/mol. The van der Waals surface area contributed by atoms with Crippen LogP contribution in [0.15, 0.2) is 47.0 Å². The van der Waals surface area contributed by atoms with Gasteiger partial charge in [0, 0.05) is 29.1 Å². The molecule has 0 spiro atoms. The number of benzene rings is 1. The highest BCUT2D eigenvalue weighted by Gasteiger charge is 2.42. The second-order valence-electron chi connectivity index (χ2n) is 10.1. The van der Waals surface area contributed by atoms with E-state index >= 15 is 0 Å². The molecule has 4 heterocycles. The first-order valence-corrected chi connectivity index (χ1v) is 13.0. The van der Waals surface area contributed by atoms with Gasteiger partial charge in [0.05, 0.1) is 19.8 Å². The molecule has 1 aromatic carbocycles. The van der Waals surface area contributed by atoms with Crippen LogP contribution in [0.25, 0.3) is 11.3 Å². The lowest BCUT2D eigenvalue weighted by molar-refractivity contribution is -0.0494. The number of methoxy groups -OCH3 is 1. The summed E-state index contributed by atoms with van der Waals surface area (Å²) in [6.45, 7) is -2.65. The summed E-state index contributed by atoms with van der Waals surface area (Å²) in [6, 6.07) is 12.6. The second kappa shape index (κ2) is 10.3. The first kappa shape index (κ1) is 24.8. The Balaban J connectivity index is 1.19. The summed E-state index contributed by atoms with van der Waals surface area (Å²) in [6.07, 6.45) is 5.75. The standard InChI is InChI=1S/C28H29F2N3O5/c1-35-27(34)22-6-4-8-24(31-22)33-17-11-12-18(33)14-19(13-17)36-15-21-25(32-38-26(21)16-9-10-16)20-5-2-3-7-23(20)37-28(29)30/h2-8,16-19,28H,9-15H2,1H3/t17-,18+,19+. The van der Waals surface area contributed by atoms with Crippen molar-refractivity contribution in [1.82, 2.24) is 10.1 Å². The van der Waals surface area contributed by atoms with Crippen LogP contribution in [0.4, 0.5) is 14.6 Å². The van der Waals surface area contributed by atoms with Gasteiger partial charge in [0.1, 0.15) is 23.0 Å². The van der Waals surface area contributed by atoms with Crippen molar-refractivity contribution in [3.63, 3.8) is 0 Å². The molecule has 1 aliphatic carbocycles. The summed E-state index contributed by atoms with van der Waals surface area (Å²) in [4.78, 5) is 18.8. The van der Waals surface area contributed by atoms with Gasteiger partial charge in [0.2, 0.25) is 0 Å². The van der Waals surface area contributed by atoms with Gasteiger partial charge in [-0.25, -0.2) is 9.78 Å². The maximum absolute atomic E-state index is 13.0. The van der Waals surface area contributed by atoms with E-state index < -0.39 is 12.6 Å². The molecule has 8 nitrogen and oxygen atoms in total. The van der Waals surface area contributed by atoms with E-state index in [-0.39, 0.29) is 36.5 Å². The number of esters is 1. The van der Waals surface area contributed by atoms with Crippen molar-refractivity contribution < 1.29 is 32.3 Å². The zero-order valence-corrected chi connectivity index (χ0v) is 21.0. The van der Waals surface area contributed by atoms with E-state index in [0.717, 1.165) is 55.7 Å². The van der Waals surface area contributed by atoms with Crippen LogP contribution in [0.2, 0.25) is 0 Å². The molecule has 3 aliphatic rings. The molecule has 3 fully saturated rings. The Bertz CT molecular complexity index is 1300. The van der Waals surface area contributed by atoms with Crippen LogP contribution in [0, 0.1) is 0 Å². The van der Waals surface area contributed by atoms with Crippen molar-refractivity contribution >= 4 is 11.8 Å². The van der Waals surface area contributed by atoms with E-state index in [4.69, 9.17) is 18.7 Å². The summed E-state index contributed by atoms with van der Waals surface area (Å²) in [5.41, 5.74) is 2.06. The zero-order chi connectivity index (χ0) is 26.2. The van der Waals surface area contributed by atoms with Crippen LogP contribution in [-0.2, 0) is 16.1 Å². The number of nitrogens with zero attached hydrogens (tertiary/aromatic N) is 3. The fourth-order valence-corrected chi connectivity index (χ4v) is 5.82. The first-order chi connectivity index (χ1) is 18.5. The largest absolute Gasteiger partial charge is 0.464 e. The predicted octanol–water partition coefficient (Wildman–Crippen LogP) is 5.72. The van der Waals surface area contributed by atoms with Gasteiger partial charge in [-0.2, -0.15) is 8.78 Å². The Labute approximate surface area is 218 Å². The third-order valence-corrected chi connectivity index (χ3v) is 7.67. The maximum atomic E-state index is 13.0. The van der Waals surface area contributed by atoms with Gasteiger partial charge in [-0.05, 0) is 62.8 Å². The molecule has 3 aromatic rings. The van der Waals surface area contributed by atoms with Gasteiger partial charge >= 0.3 is 12.6 Å². The fourth-order valence-electron chi connectivity index (χ4n) is 5.82. The van der Waals surface area contributed by atoms with Crippen molar-refractivity contribution in [2.45, 2.75) is 75.8 Å². The number of carbonyl (C=O) groups excluding carboxylic acids is 1. The number of rotatable bonds is 9. The molecule has 0 unspecified atom stereocenters. The van der Waals surface area contributed by atoms with E-state index in [2.05, 4.69) is 15.0 Å². The van der Waals surface area contributed by atoms with Crippen molar-refractivity contribution in [2.75, 3.05) is 12.0 Å². The molecule has 0 N–H and O–H groups in total. The smallest absolute Gasteiger partial charge is 0.387 e. The average molecular weight is 526 g/mol. The van der Waals surface area contributed by atoms with Crippen molar-refractivity contribution in [3.8, 4) is 17.0 Å². The van der Waals surface area contributed by atoms with Crippen molar-refractivity contribution in [3.05, 3.63) is 59.5 Å². The molecule has 38 heavy (non-hydrogen) atoms. The molecule has 0 radical (unpaired) electrons. The number of fused-ring (bicyclic) bond motifs is 2. The average Bonchev–Trinajstić information content (AvgIpc) is 3.63. The van der Waals surface area contributed by atoms with Crippen LogP contribution < -0.4 is 9.64 Å². The lowest BCUT2D eigenvalue weighted by Crippen LogP contribution is -2.46. The molecule has 2 bridgehead atoms. The Morgan fingerprint density at radius 1 is 1.08 bits per heavy atom. The maximum Gasteiger partial charge on any atom is 0.387 e. The minimum atomic E-state index is -2.94. The molecule has 6 rings (SSSR count). The number of piperidine rings is 1. The number of carbonyl (C=O) groups is 1. The van der Waals surface area contributed by atoms with Gasteiger partial charge < -0.3 is 23.6 Å². The van der Waals surface area contributed by atoms with Crippen LogP contribution in [-0.4, -0.2) is 48.0 Å². The zero-order valence-electron chi connectivity index (χ0n) is 21.0. The number of hydrogen-bond donors (Lipinski definition) is 0. The SMILES string of the molecule is COC(=O)c1cccc(N2[C@@H]3CC[C@H]2C[C@@H](OCc2c(-c4ccccc4OC(F)F)noc2C2CC2)C3)n1. The quantitative estimate of drug-likeness (QED) is 0.328. The number of pyridine rings is 1. The third kappa shape index (κ3) is 4.84. The summed E-state index contributed by atoms with van der Waals surface area (Å²) >= 11 is 0. The van der Waals surface area contributed by atoms with E-state index in [0.29, 0.717) is 17.0 Å². The van der Waals surface area contributed by atoms with Gasteiger partial charge in [0.15, 0.2) is 5.69 Å². The van der Waals surface area contributed by atoms with Crippen molar-refractivity contribution in [2.24, 2.45) is 0 Å². The summed E-state index contributed by atoms with van der Waals surface area (Å²) in [5.74, 6) is 1.45. The van der Waals surface area contributed by atoms with Gasteiger partial charge in [0.25, 0.3) is 0 Å². The number of ether oxygens (including phenoxy) is 3. The molecule has 0 amide bonds. The van der Waals surface area contributed by atoms with Crippen LogP contribution in [0.3, 0.4) is 0 Å². The molecule has 1 saturated carbocycles. The van der Waals surface area contributed by atoms with E-state index in [9.17, 15) is 13.6 Å². The fraction of sp³-hybridized carbons (Fsp3) is 0.464. The van der Waals surface area contributed by atoms with Crippen LogP contribution >= 0.6 is 0 Å². The number of anilines is 1. The normalized spacial score (nSPS) is 22.6. The van der Waals surface area contributed by atoms with Crippen LogP contribution in [0.1, 0.15) is 66.3 Å². The Hall–Kier alpha value is -3.53. The molecular formula is C28H29F2N3O5. The van der Waals surface area contributed by atoms with E-state index in [1.165, 1.54) is 13.2 Å². The number of para-hydroxylation sites is 1. The molecule has 3 atom stereocenters. The lowest BCUT2D eigenvalue weighted by atomic mass is 9.99. The minimum Gasteiger partial charge on any atom is -0.464 e. The summed E-state index contributed by atoms with van der Waals surface area (Å²) in [7, 11) is 1.35. The van der Waals surface area contributed by atoms with Gasteiger partial charge in [-0.15, -0.1) is 0 Å². The van der Waals surface area contributed by atoms with Crippen molar-refractivity contribution in [1.29, 1.82) is 0 Å². The Morgan fingerprint density at radius 2 is 1.84 bits per heavy atom. The highest BCUT2D eigenvalue weighted by Crippen LogP contribution is 2.46. The monoisotopic (exact) mass is 525 g/mol. The molecule has 2 saturated heterocycles. The summed E-state index contributed by atoms with van der Waals surface area (Å²) < 4.78 is 47.9.